The van der Waals surface area contributed by atoms with Gasteiger partial charge in [-0.15, -0.1) is 0 Å². The molecule has 24 heavy (non-hydrogen) atoms. The highest BCUT2D eigenvalue weighted by molar-refractivity contribution is 7.93. The zero-order valence-electron chi connectivity index (χ0n) is 13.3. The molecule has 1 aliphatic heterocycles. The molecule has 1 saturated heterocycles. The van der Waals surface area contributed by atoms with Crippen LogP contribution in [0.5, 0.6) is 0 Å². The van der Waals surface area contributed by atoms with E-state index in [1.807, 2.05) is 0 Å². The number of sulfonamides is 2. The van der Waals surface area contributed by atoms with Gasteiger partial charge < -0.3 is 0 Å². The number of nitrogens with zero attached hydrogens (tertiary/aromatic N) is 1. The maximum Gasteiger partial charge on any atom is 0.244 e. The lowest BCUT2D eigenvalue weighted by Crippen LogP contribution is -2.49. The molecule has 1 unspecified atom stereocenters. The maximum atomic E-state index is 12.9. The Balaban J connectivity index is 2.38. The molecule has 1 aliphatic rings. The van der Waals surface area contributed by atoms with Crippen molar-refractivity contribution in [1.82, 2.24) is 9.03 Å². The number of hydrogen-bond acceptors (Lipinski definition) is 6. The van der Waals surface area contributed by atoms with E-state index in [9.17, 15) is 25.3 Å². The summed E-state index contributed by atoms with van der Waals surface area (Å²) in [5, 5.41) is 0. The summed E-state index contributed by atoms with van der Waals surface area (Å²) in [6.45, 7) is 0.176. The van der Waals surface area contributed by atoms with Crippen molar-refractivity contribution in [2.75, 3.05) is 25.6 Å². The van der Waals surface area contributed by atoms with Crippen LogP contribution in [0.15, 0.2) is 34.1 Å². The molecule has 0 saturated carbocycles. The normalized spacial score (nSPS) is 20.8. The number of sulfone groups is 1. The number of benzene rings is 1. The molecule has 1 aromatic carbocycles. The van der Waals surface area contributed by atoms with Crippen LogP contribution in [0, 0.1) is 0 Å². The Bertz CT molecular complexity index is 922. The van der Waals surface area contributed by atoms with E-state index in [0.29, 0.717) is 12.8 Å². The Hall–Kier alpha value is -1.01. The van der Waals surface area contributed by atoms with Crippen molar-refractivity contribution >= 4 is 29.9 Å². The fraction of sp³-hybridized carbons (Fsp3) is 0.538. The quantitative estimate of drug-likeness (QED) is 0.736. The van der Waals surface area contributed by atoms with E-state index in [0.717, 1.165) is 16.8 Å². The van der Waals surface area contributed by atoms with E-state index in [1.165, 1.54) is 24.3 Å². The molecule has 1 heterocycles. The topological polar surface area (TPSA) is 118 Å². The molecule has 0 bridgehead atoms. The van der Waals surface area contributed by atoms with Crippen molar-refractivity contribution in [3.05, 3.63) is 24.3 Å². The van der Waals surface area contributed by atoms with Crippen molar-refractivity contribution in [3.8, 4) is 0 Å². The van der Waals surface area contributed by atoms with Gasteiger partial charge >= 0.3 is 0 Å². The Morgan fingerprint density at radius 1 is 1.00 bits per heavy atom. The average Bonchev–Trinajstić information content (AvgIpc) is 2.45. The van der Waals surface area contributed by atoms with Gasteiger partial charge in [0.2, 0.25) is 20.0 Å². The third-order valence-electron chi connectivity index (χ3n) is 3.63. The van der Waals surface area contributed by atoms with Gasteiger partial charge in [0.1, 0.15) is 4.90 Å². The molecule has 136 valence electrons. The second kappa shape index (κ2) is 6.71. The largest absolute Gasteiger partial charge is 0.244 e. The van der Waals surface area contributed by atoms with Gasteiger partial charge in [0.15, 0.2) is 9.84 Å². The summed E-state index contributed by atoms with van der Waals surface area (Å²) >= 11 is 0. The minimum Gasteiger partial charge on any atom is -0.224 e. The van der Waals surface area contributed by atoms with Gasteiger partial charge in [-0.25, -0.2) is 30.0 Å². The maximum absolute atomic E-state index is 12.9. The third-order valence-corrected chi connectivity index (χ3v) is 7.60. The van der Waals surface area contributed by atoms with Gasteiger partial charge in [0.25, 0.3) is 0 Å². The molecule has 0 radical (unpaired) electrons. The van der Waals surface area contributed by atoms with Crippen LogP contribution in [0.4, 0.5) is 0 Å². The molecule has 8 nitrogen and oxygen atoms in total. The predicted octanol–water partition coefficient (Wildman–Crippen LogP) is -0.208. The summed E-state index contributed by atoms with van der Waals surface area (Å²) in [6, 6.07) is 4.88. The standard InChI is InChI=1S/C13H20N2O6S3/c1-22(16,17)12-7-3-4-8-13(12)24(20,21)15-9-5-6-11(10-15)14-23(2,18)19/h3-4,7-8,11,14H,5-6,9-10H2,1-2H3. The fourth-order valence-corrected chi connectivity index (χ4v) is 6.59. The van der Waals surface area contributed by atoms with Gasteiger partial charge in [0.05, 0.1) is 11.2 Å². The van der Waals surface area contributed by atoms with Crippen LogP contribution in [0.25, 0.3) is 0 Å². The van der Waals surface area contributed by atoms with Gasteiger partial charge in [-0.2, -0.15) is 4.31 Å². The highest BCUT2D eigenvalue weighted by Gasteiger charge is 2.34. The minimum absolute atomic E-state index is 0.0342. The molecular weight excluding hydrogens is 376 g/mol. The van der Waals surface area contributed by atoms with E-state index in [2.05, 4.69) is 4.72 Å². The highest BCUT2D eigenvalue weighted by atomic mass is 32.2. The smallest absolute Gasteiger partial charge is 0.224 e. The van der Waals surface area contributed by atoms with Gasteiger partial charge in [-0.3, -0.25) is 0 Å². The zero-order chi connectivity index (χ0) is 18.2. The van der Waals surface area contributed by atoms with Crippen LogP contribution in [0.1, 0.15) is 12.8 Å². The Kier molecular flexibility index (Phi) is 5.40. The predicted molar refractivity (Wildman–Crippen MR) is 89.3 cm³/mol. The molecule has 11 heteroatoms. The van der Waals surface area contributed by atoms with E-state index in [-0.39, 0.29) is 22.9 Å². The van der Waals surface area contributed by atoms with Crippen LogP contribution >= 0.6 is 0 Å². The first-order valence-electron chi connectivity index (χ1n) is 7.18. The van der Waals surface area contributed by atoms with E-state index in [1.54, 1.807) is 0 Å². The van der Waals surface area contributed by atoms with Crippen LogP contribution in [0.2, 0.25) is 0 Å². The SMILES string of the molecule is CS(=O)(=O)NC1CCCN(S(=O)(=O)c2ccccc2S(C)(=O)=O)C1. The number of hydrogen-bond donors (Lipinski definition) is 1. The van der Waals surface area contributed by atoms with Gasteiger partial charge in [0, 0.05) is 25.4 Å². The monoisotopic (exact) mass is 396 g/mol. The third kappa shape index (κ3) is 4.54. The zero-order valence-corrected chi connectivity index (χ0v) is 15.8. The summed E-state index contributed by atoms with van der Waals surface area (Å²) in [5.41, 5.74) is 0. The van der Waals surface area contributed by atoms with Crippen LogP contribution in [0.3, 0.4) is 0 Å². The summed E-state index contributed by atoms with van der Waals surface area (Å²) < 4.78 is 75.7. The Morgan fingerprint density at radius 3 is 2.12 bits per heavy atom. The molecule has 0 aliphatic carbocycles. The fourth-order valence-electron chi connectivity index (χ4n) is 2.67. The van der Waals surface area contributed by atoms with Crippen molar-refractivity contribution in [1.29, 1.82) is 0 Å². The molecule has 2 rings (SSSR count). The number of nitrogens with one attached hydrogen (secondary N) is 1. The van der Waals surface area contributed by atoms with Crippen molar-refractivity contribution in [2.45, 2.75) is 28.7 Å². The van der Waals surface area contributed by atoms with Gasteiger partial charge in [-0.05, 0) is 25.0 Å². The van der Waals surface area contributed by atoms with Gasteiger partial charge in [-0.1, -0.05) is 12.1 Å². The van der Waals surface area contributed by atoms with Crippen LogP contribution in [-0.2, 0) is 29.9 Å². The first-order valence-corrected chi connectivity index (χ1v) is 12.4. The minimum atomic E-state index is -4.04. The van der Waals surface area contributed by atoms with E-state index < -0.39 is 35.9 Å². The summed E-state index contributed by atoms with van der Waals surface area (Å²) in [6.07, 6.45) is 2.96. The average molecular weight is 397 g/mol. The molecule has 1 aromatic rings. The summed E-state index contributed by atoms with van der Waals surface area (Å²) in [4.78, 5) is -0.546. The van der Waals surface area contributed by atoms with Crippen molar-refractivity contribution in [3.63, 3.8) is 0 Å². The van der Waals surface area contributed by atoms with Crippen molar-refractivity contribution in [2.24, 2.45) is 0 Å². The molecule has 1 N–H and O–H groups in total. The highest BCUT2D eigenvalue weighted by Crippen LogP contribution is 2.26. The molecule has 0 spiro atoms. The molecule has 1 atom stereocenters. The lowest BCUT2D eigenvalue weighted by atomic mass is 10.1. The molecule has 1 fully saturated rings. The van der Waals surface area contributed by atoms with Crippen LogP contribution in [-0.4, -0.2) is 61.2 Å². The molecular formula is C13H20N2O6S3. The van der Waals surface area contributed by atoms with E-state index in [4.69, 9.17) is 0 Å². The second-order valence-corrected chi connectivity index (χ2v) is 11.5. The number of piperidine rings is 1. The first kappa shape index (κ1) is 19.3. The summed E-state index contributed by atoms with van der Waals surface area (Å²) in [7, 11) is -11.2. The van der Waals surface area contributed by atoms with E-state index >= 15 is 0 Å². The van der Waals surface area contributed by atoms with Crippen molar-refractivity contribution < 1.29 is 25.3 Å². The lowest BCUT2D eigenvalue weighted by Gasteiger charge is -2.32. The molecule has 0 amide bonds. The summed E-state index contributed by atoms with van der Waals surface area (Å²) in [5.74, 6) is 0. The number of rotatable bonds is 5. The molecule has 0 aromatic heterocycles. The second-order valence-electron chi connectivity index (χ2n) is 5.81. The first-order chi connectivity index (χ1) is 10.9. The lowest BCUT2D eigenvalue weighted by molar-refractivity contribution is 0.303. The Morgan fingerprint density at radius 2 is 1.58 bits per heavy atom. The Labute approximate surface area is 142 Å². The van der Waals surface area contributed by atoms with Crippen LogP contribution < -0.4 is 4.72 Å².